The number of sulfonamides is 1. The van der Waals surface area contributed by atoms with Crippen LogP contribution in [0.15, 0.2) is 0 Å². The highest BCUT2D eigenvalue weighted by molar-refractivity contribution is 7.88. The summed E-state index contributed by atoms with van der Waals surface area (Å²) in [6, 6.07) is -0.203. The van der Waals surface area contributed by atoms with Gasteiger partial charge in [0.2, 0.25) is 10.0 Å². The number of amides is 1. The van der Waals surface area contributed by atoms with Crippen molar-refractivity contribution in [2.24, 2.45) is 0 Å². The van der Waals surface area contributed by atoms with Crippen LogP contribution in [0.25, 0.3) is 0 Å². The topological polar surface area (TPSA) is 86.7 Å². The van der Waals surface area contributed by atoms with Crippen LogP contribution in [0.1, 0.15) is 6.42 Å². The lowest BCUT2D eigenvalue weighted by Crippen LogP contribution is -2.55. The largest absolute Gasteiger partial charge is 0.465 e. The van der Waals surface area contributed by atoms with Gasteiger partial charge in [0.1, 0.15) is 0 Å². The number of carboxylic acid groups (broad SMARTS) is 1. The predicted octanol–water partition coefficient (Wildman–Crippen LogP) is -0.712. The Morgan fingerprint density at radius 3 is 2.62 bits per heavy atom. The monoisotopic (exact) mass is 208 g/mol. The van der Waals surface area contributed by atoms with Gasteiger partial charge < -0.3 is 10.4 Å². The molecule has 1 aliphatic heterocycles. The quantitative estimate of drug-likeness (QED) is 0.641. The minimum absolute atomic E-state index is 0.169. The second-order valence-electron chi connectivity index (χ2n) is 3.00. The van der Waals surface area contributed by atoms with Gasteiger partial charge in [0, 0.05) is 19.1 Å². The van der Waals surface area contributed by atoms with Gasteiger partial charge in [0.05, 0.1) is 6.26 Å². The van der Waals surface area contributed by atoms with E-state index in [-0.39, 0.29) is 12.6 Å². The molecule has 1 rings (SSSR count). The van der Waals surface area contributed by atoms with Crippen LogP contribution in [-0.4, -0.2) is 49.3 Å². The average molecular weight is 208 g/mol. The molecule has 0 aliphatic carbocycles. The SMILES string of the molecule is CS(=O)(=O)N1CCC1CNC(=O)O. The molecule has 1 saturated heterocycles. The zero-order valence-electron chi connectivity index (χ0n) is 7.23. The van der Waals surface area contributed by atoms with E-state index < -0.39 is 16.1 Å². The van der Waals surface area contributed by atoms with Crippen molar-refractivity contribution in [3.05, 3.63) is 0 Å². The first kappa shape index (κ1) is 10.3. The van der Waals surface area contributed by atoms with Crippen molar-refractivity contribution in [1.82, 2.24) is 9.62 Å². The third-order valence-corrected chi connectivity index (χ3v) is 3.34. The summed E-state index contributed by atoms with van der Waals surface area (Å²) < 4.78 is 23.3. The molecule has 0 spiro atoms. The van der Waals surface area contributed by atoms with Crippen molar-refractivity contribution in [2.75, 3.05) is 19.3 Å². The lowest BCUT2D eigenvalue weighted by molar-refractivity contribution is 0.171. The molecule has 2 N–H and O–H groups in total. The van der Waals surface area contributed by atoms with E-state index in [1.807, 2.05) is 0 Å². The fourth-order valence-corrected chi connectivity index (χ4v) is 2.42. The molecule has 0 bridgehead atoms. The molecule has 76 valence electrons. The van der Waals surface area contributed by atoms with Gasteiger partial charge in [-0.3, -0.25) is 0 Å². The maximum absolute atomic E-state index is 11.0. The van der Waals surface area contributed by atoms with Crippen LogP contribution in [0.4, 0.5) is 4.79 Å². The second kappa shape index (κ2) is 3.51. The van der Waals surface area contributed by atoms with Crippen molar-refractivity contribution in [3.63, 3.8) is 0 Å². The van der Waals surface area contributed by atoms with Gasteiger partial charge in [0.15, 0.2) is 0 Å². The van der Waals surface area contributed by atoms with Gasteiger partial charge in [0.25, 0.3) is 0 Å². The molecule has 7 heteroatoms. The average Bonchev–Trinajstić information content (AvgIpc) is 1.79. The Bertz CT molecular complexity index is 300. The Kier molecular flexibility index (Phi) is 2.77. The number of nitrogens with zero attached hydrogens (tertiary/aromatic N) is 1. The molecule has 6 nitrogen and oxygen atoms in total. The van der Waals surface area contributed by atoms with E-state index >= 15 is 0 Å². The molecule has 1 heterocycles. The summed E-state index contributed by atoms with van der Waals surface area (Å²) in [6.45, 7) is 0.660. The summed E-state index contributed by atoms with van der Waals surface area (Å²) >= 11 is 0. The Morgan fingerprint density at radius 2 is 2.31 bits per heavy atom. The number of rotatable bonds is 3. The number of nitrogens with one attached hydrogen (secondary N) is 1. The van der Waals surface area contributed by atoms with Crippen molar-refractivity contribution in [3.8, 4) is 0 Å². The molecule has 0 aromatic heterocycles. The predicted molar refractivity (Wildman–Crippen MR) is 46.0 cm³/mol. The minimum atomic E-state index is -3.16. The highest BCUT2D eigenvalue weighted by Gasteiger charge is 2.34. The van der Waals surface area contributed by atoms with Crippen LogP contribution in [0.2, 0.25) is 0 Å². The van der Waals surface area contributed by atoms with Crippen LogP contribution in [0, 0.1) is 0 Å². The third kappa shape index (κ3) is 2.56. The highest BCUT2D eigenvalue weighted by atomic mass is 32.2. The van der Waals surface area contributed by atoms with E-state index in [0.29, 0.717) is 13.0 Å². The van der Waals surface area contributed by atoms with E-state index in [1.54, 1.807) is 0 Å². The van der Waals surface area contributed by atoms with Gasteiger partial charge in [-0.2, -0.15) is 4.31 Å². The standard InChI is InChI=1S/C6H12N2O4S/c1-13(11,12)8-3-2-5(8)4-7-6(9)10/h5,7H,2-4H2,1H3,(H,9,10). The Morgan fingerprint density at radius 1 is 1.69 bits per heavy atom. The number of hydrogen-bond donors (Lipinski definition) is 2. The van der Waals surface area contributed by atoms with E-state index in [1.165, 1.54) is 4.31 Å². The summed E-state index contributed by atoms with van der Waals surface area (Å²) in [7, 11) is -3.16. The third-order valence-electron chi connectivity index (χ3n) is 2.00. The Labute approximate surface area is 76.6 Å². The highest BCUT2D eigenvalue weighted by Crippen LogP contribution is 2.19. The first-order valence-corrected chi connectivity index (χ1v) is 5.69. The van der Waals surface area contributed by atoms with Gasteiger partial charge in [-0.25, -0.2) is 13.2 Å². The molecule has 1 amide bonds. The normalized spacial score (nSPS) is 23.6. The Hall–Kier alpha value is -0.820. The van der Waals surface area contributed by atoms with Crippen molar-refractivity contribution in [2.45, 2.75) is 12.5 Å². The van der Waals surface area contributed by atoms with Gasteiger partial charge >= 0.3 is 6.09 Å². The second-order valence-corrected chi connectivity index (χ2v) is 4.94. The molecule has 1 aliphatic rings. The lowest BCUT2D eigenvalue weighted by atomic mass is 10.1. The first-order valence-electron chi connectivity index (χ1n) is 3.85. The van der Waals surface area contributed by atoms with Crippen LogP contribution in [-0.2, 0) is 10.0 Å². The van der Waals surface area contributed by atoms with Crippen LogP contribution >= 0.6 is 0 Å². The van der Waals surface area contributed by atoms with Gasteiger partial charge in [-0.05, 0) is 6.42 Å². The molecule has 1 unspecified atom stereocenters. The molecule has 13 heavy (non-hydrogen) atoms. The van der Waals surface area contributed by atoms with Crippen molar-refractivity contribution >= 4 is 16.1 Å². The maximum Gasteiger partial charge on any atom is 0.404 e. The number of hydrogen-bond acceptors (Lipinski definition) is 3. The summed E-state index contributed by atoms with van der Waals surface area (Å²) in [6.07, 6.45) is 0.716. The smallest absolute Gasteiger partial charge is 0.404 e. The van der Waals surface area contributed by atoms with Crippen LogP contribution in [0.3, 0.4) is 0 Å². The molecule has 0 saturated carbocycles. The fraction of sp³-hybridized carbons (Fsp3) is 0.833. The summed E-state index contributed by atoms with van der Waals surface area (Å²) in [5.41, 5.74) is 0. The molecule has 0 aromatic carbocycles. The maximum atomic E-state index is 11.0. The molecular formula is C6H12N2O4S. The number of carbonyl (C=O) groups is 1. The Balaban J connectivity index is 2.42. The summed E-state index contributed by atoms with van der Waals surface area (Å²) in [5.74, 6) is 0. The van der Waals surface area contributed by atoms with Crippen LogP contribution in [0.5, 0.6) is 0 Å². The lowest BCUT2D eigenvalue weighted by Gasteiger charge is -2.38. The zero-order chi connectivity index (χ0) is 10.1. The molecule has 0 radical (unpaired) electrons. The van der Waals surface area contributed by atoms with Gasteiger partial charge in [-0.1, -0.05) is 0 Å². The van der Waals surface area contributed by atoms with Crippen molar-refractivity contribution in [1.29, 1.82) is 0 Å². The van der Waals surface area contributed by atoms with Crippen LogP contribution < -0.4 is 5.32 Å². The zero-order valence-corrected chi connectivity index (χ0v) is 8.04. The van der Waals surface area contributed by atoms with Crippen molar-refractivity contribution < 1.29 is 18.3 Å². The molecule has 1 fully saturated rings. The van der Waals surface area contributed by atoms with Gasteiger partial charge in [-0.15, -0.1) is 0 Å². The minimum Gasteiger partial charge on any atom is -0.465 e. The fourth-order valence-electron chi connectivity index (χ4n) is 1.26. The summed E-state index contributed by atoms with van der Waals surface area (Å²) in [5, 5.41) is 10.5. The molecule has 1 atom stereocenters. The van der Waals surface area contributed by atoms with E-state index in [0.717, 1.165) is 6.26 Å². The van der Waals surface area contributed by atoms with E-state index in [2.05, 4.69) is 5.32 Å². The van der Waals surface area contributed by atoms with E-state index in [9.17, 15) is 13.2 Å². The van der Waals surface area contributed by atoms with E-state index in [4.69, 9.17) is 5.11 Å². The molecular weight excluding hydrogens is 196 g/mol. The molecule has 0 aromatic rings. The first-order chi connectivity index (χ1) is 5.91. The summed E-state index contributed by atoms with van der Waals surface area (Å²) in [4.78, 5) is 10.1.